The second-order valence-corrected chi connectivity index (χ2v) is 10.5. The summed E-state index contributed by atoms with van der Waals surface area (Å²) in [7, 11) is 1.82. The van der Waals surface area contributed by atoms with Crippen molar-refractivity contribution in [2.75, 3.05) is 11.1 Å². The smallest absolute Gasteiger partial charge is 0.235 e. The molecule has 8 heteroatoms. The van der Waals surface area contributed by atoms with Crippen molar-refractivity contribution in [2.45, 2.75) is 70.0 Å². The first-order chi connectivity index (χ1) is 15.2. The molecule has 1 fully saturated rings. The van der Waals surface area contributed by atoms with Crippen molar-refractivity contribution in [3.63, 3.8) is 0 Å². The predicted molar refractivity (Wildman–Crippen MR) is 129 cm³/mol. The minimum Gasteiger partial charge on any atom is -0.310 e. The first kappa shape index (κ1) is 22.6. The molecule has 0 spiro atoms. The summed E-state index contributed by atoms with van der Waals surface area (Å²) in [5, 5.41) is 17.1. The molecule has 0 atom stereocenters. The average molecular weight is 453 g/mol. The molecule has 4 rings (SSSR count). The summed E-state index contributed by atoms with van der Waals surface area (Å²) in [5.74, 6) is 1.79. The molecule has 2 aromatic heterocycles. The average Bonchev–Trinajstić information content (AvgIpc) is 3.46. The van der Waals surface area contributed by atoms with Crippen LogP contribution in [-0.2, 0) is 17.3 Å². The Morgan fingerprint density at radius 1 is 1.16 bits per heavy atom. The fraction of sp³-hybridized carbons (Fsp3) is 0.500. The molecule has 1 saturated carbocycles. The number of thioether (sulfide) groups is 1. The molecule has 0 saturated heterocycles. The van der Waals surface area contributed by atoms with Gasteiger partial charge in [0.1, 0.15) is 5.82 Å². The zero-order chi connectivity index (χ0) is 22.9. The first-order valence-electron chi connectivity index (χ1n) is 11.2. The largest absolute Gasteiger partial charge is 0.310 e. The van der Waals surface area contributed by atoms with Gasteiger partial charge in [0.25, 0.3) is 0 Å². The van der Waals surface area contributed by atoms with Crippen LogP contribution in [-0.4, -0.2) is 36.2 Å². The molecular formula is C24H32N6OS. The van der Waals surface area contributed by atoms with E-state index < -0.39 is 0 Å². The van der Waals surface area contributed by atoms with Gasteiger partial charge in [0.05, 0.1) is 11.4 Å². The number of benzene rings is 1. The Kier molecular flexibility index (Phi) is 6.42. The van der Waals surface area contributed by atoms with Crippen molar-refractivity contribution < 1.29 is 4.79 Å². The van der Waals surface area contributed by atoms with Crippen LogP contribution in [0.2, 0.25) is 0 Å². The maximum Gasteiger partial charge on any atom is 0.235 e. The van der Waals surface area contributed by atoms with Gasteiger partial charge in [0.2, 0.25) is 5.91 Å². The van der Waals surface area contributed by atoms with Crippen LogP contribution in [0.5, 0.6) is 0 Å². The molecule has 1 N–H and O–H groups in total. The summed E-state index contributed by atoms with van der Waals surface area (Å²) in [4.78, 5) is 12.6. The highest BCUT2D eigenvalue weighted by atomic mass is 32.2. The summed E-state index contributed by atoms with van der Waals surface area (Å²) < 4.78 is 3.93. The number of rotatable bonds is 6. The molecule has 0 radical (unpaired) electrons. The minimum absolute atomic E-state index is 0.0740. The maximum absolute atomic E-state index is 12.6. The third kappa shape index (κ3) is 4.90. The van der Waals surface area contributed by atoms with Gasteiger partial charge in [-0.1, -0.05) is 69.6 Å². The molecular weight excluding hydrogens is 420 g/mol. The third-order valence-electron chi connectivity index (χ3n) is 5.97. The lowest BCUT2D eigenvalue weighted by atomic mass is 9.86. The molecule has 1 aromatic carbocycles. The van der Waals surface area contributed by atoms with E-state index in [0.29, 0.717) is 11.9 Å². The number of amides is 1. The van der Waals surface area contributed by atoms with E-state index in [4.69, 9.17) is 0 Å². The van der Waals surface area contributed by atoms with Gasteiger partial charge >= 0.3 is 0 Å². The van der Waals surface area contributed by atoms with Gasteiger partial charge in [0, 0.05) is 24.7 Å². The molecule has 3 aromatic rings. The van der Waals surface area contributed by atoms with Crippen molar-refractivity contribution in [3.05, 3.63) is 41.6 Å². The Morgan fingerprint density at radius 3 is 2.44 bits per heavy atom. The lowest BCUT2D eigenvalue weighted by Crippen LogP contribution is -2.17. The predicted octanol–water partition coefficient (Wildman–Crippen LogP) is 5.13. The Balaban J connectivity index is 1.54. The molecule has 32 heavy (non-hydrogen) atoms. The van der Waals surface area contributed by atoms with E-state index in [0.717, 1.165) is 35.1 Å². The topological polar surface area (TPSA) is 77.6 Å². The van der Waals surface area contributed by atoms with Crippen molar-refractivity contribution in [1.29, 1.82) is 0 Å². The van der Waals surface area contributed by atoms with Crippen LogP contribution < -0.4 is 5.32 Å². The monoisotopic (exact) mass is 452 g/mol. The summed E-state index contributed by atoms with van der Waals surface area (Å²) in [6.07, 6.45) is 4.68. The van der Waals surface area contributed by atoms with E-state index in [1.165, 1.54) is 30.2 Å². The van der Waals surface area contributed by atoms with Gasteiger partial charge in [-0.2, -0.15) is 5.10 Å². The first-order valence-corrected chi connectivity index (χ1v) is 12.2. The quantitative estimate of drug-likeness (QED) is 0.525. The minimum atomic E-state index is -0.0740. The van der Waals surface area contributed by atoms with Crippen molar-refractivity contribution >= 4 is 23.5 Å². The van der Waals surface area contributed by atoms with Gasteiger partial charge in [-0.25, -0.2) is 0 Å². The van der Waals surface area contributed by atoms with E-state index >= 15 is 0 Å². The van der Waals surface area contributed by atoms with Crippen LogP contribution in [0.25, 0.3) is 11.4 Å². The highest BCUT2D eigenvalue weighted by Gasteiger charge is 2.25. The Hall–Kier alpha value is -2.61. The van der Waals surface area contributed by atoms with Crippen LogP contribution >= 0.6 is 11.8 Å². The van der Waals surface area contributed by atoms with Crippen LogP contribution in [0, 0.1) is 6.92 Å². The van der Waals surface area contributed by atoms with Gasteiger partial charge in [-0.3, -0.25) is 14.0 Å². The van der Waals surface area contributed by atoms with Crippen LogP contribution in [0.15, 0.2) is 35.5 Å². The third-order valence-corrected chi connectivity index (χ3v) is 6.91. The lowest BCUT2D eigenvalue weighted by Gasteiger charge is -2.20. The number of aryl methyl sites for hydroxylation is 2. The highest BCUT2D eigenvalue weighted by molar-refractivity contribution is 7.99. The molecule has 170 valence electrons. The molecule has 0 unspecified atom stereocenters. The SMILES string of the molecule is Cc1cc(NC(=O)CSc2nnc(-c3ccc(C(C)(C)C)cc3)n2C2CCCC2)n(C)n1. The number of anilines is 1. The zero-order valence-electron chi connectivity index (χ0n) is 19.6. The van der Waals surface area contributed by atoms with E-state index in [-0.39, 0.29) is 17.1 Å². The number of hydrogen-bond acceptors (Lipinski definition) is 5. The number of carbonyl (C=O) groups is 1. The number of nitrogens with zero attached hydrogens (tertiary/aromatic N) is 5. The molecule has 0 aliphatic heterocycles. The second-order valence-electron chi connectivity index (χ2n) is 9.57. The normalized spacial score (nSPS) is 14.8. The molecule has 7 nitrogen and oxygen atoms in total. The van der Waals surface area contributed by atoms with Gasteiger partial charge in [0.15, 0.2) is 11.0 Å². The van der Waals surface area contributed by atoms with E-state index in [9.17, 15) is 4.79 Å². The van der Waals surface area contributed by atoms with Crippen molar-refractivity contribution in [2.24, 2.45) is 7.05 Å². The Bertz CT molecular complexity index is 1090. The van der Waals surface area contributed by atoms with Gasteiger partial charge in [-0.15, -0.1) is 10.2 Å². The van der Waals surface area contributed by atoms with Crippen LogP contribution in [0.1, 0.15) is 63.8 Å². The maximum atomic E-state index is 12.6. The summed E-state index contributed by atoms with van der Waals surface area (Å²) in [6, 6.07) is 10.9. The highest BCUT2D eigenvalue weighted by Crippen LogP contribution is 2.37. The fourth-order valence-corrected chi connectivity index (χ4v) is 5.03. The Morgan fingerprint density at radius 2 is 1.84 bits per heavy atom. The van der Waals surface area contributed by atoms with Crippen LogP contribution in [0.3, 0.4) is 0 Å². The van der Waals surface area contributed by atoms with Crippen LogP contribution in [0.4, 0.5) is 5.82 Å². The van der Waals surface area contributed by atoms with Gasteiger partial charge < -0.3 is 5.32 Å². The van der Waals surface area contributed by atoms with Gasteiger partial charge in [-0.05, 0) is 30.7 Å². The molecule has 1 aliphatic carbocycles. The summed E-state index contributed by atoms with van der Waals surface area (Å²) in [5.41, 5.74) is 3.35. The lowest BCUT2D eigenvalue weighted by molar-refractivity contribution is -0.113. The summed E-state index contributed by atoms with van der Waals surface area (Å²) >= 11 is 1.44. The van der Waals surface area contributed by atoms with E-state index in [2.05, 4.69) is 70.2 Å². The standard InChI is InChI=1S/C24H32N6OS/c1-16-14-20(29(5)28-16)25-21(31)15-32-23-27-26-22(30(23)19-8-6-7-9-19)17-10-12-18(13-11-17)24(2,3)4/h10-14,19H,6-9,15H2,1-5H3,(H,25,31). The second kappa shape index (κ2) is 9.10. The molecule has 1 amide bonds. The molecule has 1 aliphatic rings. The summed E-state index contributed by atoms with van der Waals surface area (Å²) in [6.45, 7) is 8.56. The fourth-order valence-electron chi connectivity index (χ4n) is 4.22. The van der Waals surface area contributed by atoms with Crippen molar-refractivity contribution in [3.8, 4) is 11.4 Å². The number of hydrogen-bond donors (Lipinski definition) is 1. The zero-order valence-corrected chi connectivity index (χ0v) is 20.4. The number of aromatic nitrogens is 5. The Labute approximate surface area is 194 Å². The van der Waals surface area contributed by atoms with Crippen molar-refractivity contribution in [1.82, 2.24) is 24.5 Å². The number of nitrogens with one attached hydrogen (secondary N) is 1. The van der Waals surface area contributed by atoms with E-state index in [1.54, 1.807) is 4.68 Å². The van der Waals surface area contributed by atoms with E-state index in [1.807, 2.05) is 20.0 Å². The molecule has 2 heterocycles. The molecule has 0 bridgehead atoms. The number of carbonyl (C=O) groups excluding carboxylic acids is 1.